The van der Waals surface area contributed by atoms with E-state index >= 15 is 0 Å². The van der Waals surface area contributed by atoms with Crippen molar-refractivity contribution in [3.8, 4) is 17.3 Å². The van der Waals surface area contributed by atoms with Crippen molar-refractivity contribution < 1.29 is 0 Å². The van der Waals surface area contributed by atoms with Crippen LogP contribution in [0.1, 0.15) is 11.4 Å². The van der Waals surface area contributed by atoms with Gasteiger partial charge in [0.25, 0.3) is 5.56 Å². The highest BCUT2D eigenvalue weighted by molar-refractivity contribution is 6.00. The molecule has 0 aliphatic carbocycles. The number of aromatic amines is 1. The highest BCUT2D eigenvalue weighted by Crippen LogP contribution is 2.29. The number of H-pyrrole nitrogens is 1. The van der Waals surface area contributed by atoms with Crippen LogP contribution in [0.5, 0.6) is 0 Å². The molecule has 1 aromatic carbocycles. The molecule has 3 N–H and O–H groups in total. The number of nitrogen functional groups attached to an aromatic ring is 1. The summed E-state index contributed by atoms with van der Waals surface area (Å²) in [5.74, 6) is 0.515. The topological polar surface area (TPSA) is 108 Å². The summed E-state index contributed by atoms with van der Waals surface area (Å²) in [5.41, 5.74) is 7.22. The Morgan fingerprint density at radius 1 is 1.24 bits per heavy atom. The Morgan fingerprint density at radius 3 is 2.62 bits per heavy atom. The summed E-state index contributed by atoms with van der Waals surface area (Å²) < 4.78 is 0. The van der Waals surface area contributed by atoms with E-state index in [9.17, 15) is 4.79 Å². The first-order valence-corrected chi connectivity index (χ1v) is 6.27. The minimum Gasteiger partial charge on any atom is -0.397 e. The number of anilines is 1. The number of nitriles is 1. The SMILES string of the molecule is Cc1nc(-c2ccccc2)c2c(N)c(C#N)c(=O)[nH]c2n1. The van der Waals surface area contributed by atoms with Gasteiger partial charge >= 0.3 is 0 Å². The Labute approximate surface area is 119 Å². The summed E-state index contributed by atoms with van der Waals surface area (Å²) in [6, 6.07) is 11.3. The third kappa shape index (κ3) is 2.01. The molecular weight excluding hydrogens is 266 g/mol. The van der Waals surface area contributed by atoms with Crippen LogP contribution in [0.15, 0.2) is 35.1 Å². The van der Waals surface area contributed by atoms with Crippen LogP contribution in [-0.4, -0.2) is 15.0 Å². The molecule has 0 aliphatic rings. The lowest BCUT2D eigenvalue weighted by Crippen LogP contribution is -2.15. The normalized spacial score (nSPS) is 10.5. The van der Waals surface area contributed by atoms with Gasteiger partial charge in [0.05, 0.1) is 16.8 Å². The van der Waals surface area contributed by atoms with Crippen LogP contribution in [0, 0.1) is 18.3 Å². The van der Waals surface area contributed by atoms with Crippen molar-refractivity contribution in [2.45, 2.75) is 6.92 Å². The molecule has 0 saturated heterocycles. The highest BCUT2D eigenvalue weighted by Gasteiger charge is 2.16. The zero-order valence-corrected chi connectivity index (χ0v) is 11.2. The Hall–Kier alpha value is -3.20. The largest absolute Gasteiger partial charge is 0.397 e. The van der Waals surface area contributed by atoms with E-state index in [0.29, 0.717) is 22.6 Å². The predicted molar refractivity (Wildman–Crippen MR) is 79.5 cm³/mol. The zero-order valence-electron chi connectivity index (χ0n) is 11.2. The molecule has 0 unspecified atom stereocenters. The van der Waals surface area contributed by atoms with Crippen LogP contribution in [0.4, 0.5) is 5.69 Å². The summed E-state index contributed by atoms with van der Waals surface area (Å²) in [6.07, 6.45) is 0. The number of nitrogens with zero attached hydrogens (tertiary/aromatic N) is 3. The lowest BCUT2D eigenvalue weighted by Gasteiger charge is -2.09. The van der Waals surface area contributed by atoms with Gasteiger partial charge in [0.2, 0.25) is 0 Å². The molecule has 6 nitrogen and oxygen atoms in total. The molecule has 3 aromatic rings. The fraction of sp³-hybridized carbons (Fsp3) is 0.0667. The van der Waals surface area contributed by atoms with Gasteiger partial charge in [0.1, 0.15) is 23.1 Å². The van der Waals surface area contributed by atoms with Crippen molar-refractivity contribution in [1.82, 2.24) is 15.0 Å². The minimum absolute atomic E-state index is 0.107. The lowest BCUT2D eigenvalue weighted by atomic mass is 10.1. The molecule has 0 fully saturated rings. The van der Waals surface area contributed by atoms with E-state index in [0.717, 1.165) is 5.56 Å². The van der Waals surface area contributed by atoms with Gasteiger partial charge in [-0.2, -0.15) is 5.26 Å². The number of rotatable bonds is 1. The first kappa shape index (κ1) is 12.8. The zero-order chi connectivity index (χ0) is 15.0. The molecule has 2 heterocycles. The third-order valence-electron chi connectivity index (χ3n) is 3.18. The number of pyridine rings is 1. The van der Waals surface area contributed by atoms with Crippen LogP contribution >= 0.6 is 0 Å². The Balaban J connectivity index is 2.51. The molecule has 102 valence electrons. The van der Waals surface area contributed by atoms with Crippen molar-refractivity contribution in [1.29, 1.82) is 5.26 Å². The van der Waals surface area contributed by atoms with Crippen LogP contribution in [-0.2, 0) is 0 Å². The number of hydrogen-bond donors (Lipinski definition) is 2. The third-order valence-corrected chi connectivity index (χ3v) is 3.18. The number of aryl methyl sites for hydroxylation is 1. The van der Waals surface area contributed by atoms with E-state index in [1.807, 2.05) is 36.4 Å². The number of hydrogen-bond acceptors (Lipinski definition) is 5. The van der Waals surface area contributed by atoms with Gasteiger partial charge in [-0.1, -0.05) is 30.3 Å². The van der Waals surface area contributed by atoms with E-state index in [-0.39, 0.29) is 11.3 Å². The van der Waals surface area contributed by atoms with E-state index in [1.165, 1.54) is 0 Å². The van der Waals surface area contributed by atoms with E-state index < -0.39 is 5.56 Å². The first-order valence-electron chi connectivity index (χ1n) is 6.27. The monoisotopic (exact) mass is 277 g/mol. The number of fused-ring (bicyclic) bond motifs is 1. The van der Waals surface area contributed by atoms with Gasteiger partial charge in [0.15, 0.2) is 0 Å². The van der Waals surface area contributed by atoms with Crippen molar-refractivity contribution in [2.24, 2.45) is 0 Å². The summed E-state index contributed by atoms with van der Waals surface area (Å²) in [6.45, 7) is 1.73. The van der Waals surface area contributed by atoms with Gasteiger partial charge in [-0.25, -0.2) is 9.97 Å². The second-order valence-electron chi connectivity index (χ2n) is 4.56. The predicted octanol–water partition coefficient (Wildman–Crippen LogP) is 1.75. The molecule has 0 saturated carbocycles. The number of benzene rings is 1. The molecule has 21 heavy (non-hydrogen) atoms. The molecule has 0 bridgehead atoms. The van der Waals surface area contributed by atoms with Gasteiger partial charge in [-0.3, -0.25) is 4.79 Å². The van der Waals surface area contributed by atoms with Gasteiger partial charge in [0, 0.05) is 5.56 Å². The molecule has 0 radical (unpaired) electrons. The van der Waals surface area contributed by atoms with E-state index in [4.69, 9.17) is 11.0 Å². The molecule has 0 amide bonds. The average Bonchev–Trinajstić information content (AvgIpc) is 2.47. The summed E-state index contributed by atoms with van der Waals surface area (Å²) >= 11 is 0. The van der Waals surface area contributed by atoms with Crippen molar-refractivity contribution in [3.05, 3.63) is 52.1 Å². The number of nitrogens with one attached hydrogen (secondary N) is 1. The van der Waals surface area contributed by atoms with Gasteiger partial charge in [-0.05, 0) is 6.92 Å². The van der Waals surface area contributed by atoms with E-state index in [1.54, 1.807) is 6.92 Å². The smallest absolute Gasteiger partial charge is 0.269 e. The maximum absolute atomic E-state index is 11.8. The lowest BCUT2D eigenvalue weighted by molar-refractivity contribution is 1.07. The number of aromatic nitrogens is 3. The molecule has 6 heteroatoms. The molecular formula is C15H11N5O. The fourth-order valence-electron chi connectivity index (χ4n) is 2.25. The average molecular weight is 277 g/mol. The summed E-state index contributed by atoms with van der Waals surface area (Å²) in [4.78, 5) is 23.0. The molecule has 0 atom stereocenters. The second-order valence-corrected chi connectivity index (χ2v) is 4.56. The van der Waals surface area contributed by atoms with Crippen LogP contribution < -0.4 is 11.3 Å². The van der Waals surface area contributed by atoms with Crippen LogP contribution in [0.25, 0.3) is 22.3 Å². The summed E-state index contributed by atoms with van der Waals surface area (Å²) in [5, 5.41) is 9.57. The molecule has 0 aliphatic heterocycles. The minimum atomic E-state index is -0.542. The fourth-order valence-corrected chi connectivity index (χ4v) is 2.25. The van der Waals surface area contributed by atoms with Gasteiger partial charge in [-0.15, -0.1) is 0 Å². The van der Waals surface area contributed by atoms with Crippen molar-refractivity contribution in [2.75, 3.05) is 5.73 Å². The van der Waals surface area contributed by atoms with E-state index in [2.05, 4.69) is 15.0 Å². The first-order chi connectivity index (χ1) is 10.1. The maximum atomic E-state index is 11.8. The number of nitrogens with two attached hydrogens (primary N) is 1. The van der Waals surface area contributed by atoms with Crippen LogP contribution in [0.3, 0.4) is 0 Å². The second kappa shape index (κ2) is 4.72. The Kier molecular flexibility index (Phi) is 2.88. The highest BCUT2D eigenvalue weighted by atomic mass is 16.1. The Morgan fingerprint density at radius 2 is 1.95 bits per heavy atom. The summed E-state index contributed by atoms with van der Waals surface area (Å²) in [7, 11) is 0. The maximum Gasteiger partial charge on any atom is 0.269 e. The standard InChI is InChI=1S/C15H11N5O/c1-8-18-13(9-5-3-2-4-6-9)11-12(17)10(7-16)15(21)20-14(11)19-8/h2-6H,1H3,(H3,17,18,19,20,21). The van der Waals surface area contributed by atoms with Crippen LogP contribution in [0.2, 0.25) is 0 Å². The molecule has 0 spiro atoms. The van der Waals surface area contributed by atoms with Gasteiger partial charge < -0.3 is 10.7 Å². The Bertz CT molecular complexity index is 938. The molecule has 2 aromatic heterocycles. The van der Waals surface area contributed by atoms with Crippen molar-refractivity contribution in [3.63, 3.8) is 0 Å². The molecule has 3 rings (SSSR count). The van der Waals surface area contributed by atoms with Crippen molar-refractivity contribution >= 4 is 16.7 Å². The quantitative estimate of drug-likeness (QED) is 0.704.